The zero-order valence-electron chi connectivity index (χ0n) is 15.9. The number of piperidine rings is 1. The lowest BCUT2D eigenvalue weighted by atomic mass is 10.1. The first-order chi connectivity index (χ1) is 14.2. The monoisotopic (exact) mass is 409 g/mol. The molecule has 1 aromatic carbocycles. The second-order valence-corrected chi connectivity index (χ2v) is 7.69. The molecule has 1 N–H and O–H groups in total. The predicted molar refractivity (Wildman–Crippen MR) is 111 cm³/mol. The molecule has 4 heterocycles. The summed E-state index contributed by atoms with van der Waals surface area (Å²) in [7, 11) is 2.16. The number of hydrogen-bond acceptors (Lipinski definition) is 7. The van der Waals surface area contributed by atoms with Gasteiger partial charge in [-0.2, -0.15) is 14.8 Å². The maximum Gasteiger partial charge on any atom is 0.229 e. The van der Waals surface area contributed by atoms with Crippen LogP contribution in [0, 0.1) is 0 Å². The molecular formula is C19H20ClN9. The molecule has 0 aliphatic carbocycles. The Morgan fingerprint density at radius 3 is 2.69 bits per heavy atom. The van der Waals surface area contributed by atoms with E-state index in [2.05, 4.69) is 42.6 Å². The molecule has 1 fully saturated rings. The number of hydrogen-bond donors (Lipinski definition) is 1. The summed E-state index contributed by atoms with van der Waals surface area (Å²) in [5.41, 5.74) is 2.92. The highest BCUT2D eigenvalue weighted by Gasteiger charge is 2.19. The third kappa shape index (κ3) is 3.66. The first kappa shape index (κ1) is 18.0. The first-order valence-electron chi connectivity index (χ1n) is 9.50. The SMILES string of the molecule is CN1CCC(n2cc(Nc3ncc4nnn(-c5ccc(Cl)cc5)c4n3)cn2)CC1. The van der Waals surface area contributed by atoms with Gasteiger partial charge in [-0.3, -0.25) is 4.68 Å². The van der Waals surface area contributed by atoms with Gasteiger partial charge in [0.15, 0.2) is 11.2 Å². The van der Waals surface area contributed by atoms with Gasteiger partial charge in [-0.05, 0) is 57.2 Å². The van der Waals surface area contributed by atoms with Crippen LogP contribution in [0.5, 0.6) is 0 Å². The van der Waals surface area contributed by atoms with Crippen LogP contribution in [0.3, 0.4) is 0 Å². The molecule has 3 aromatic heterocycles. The quantitative estimate of drug-likeness (QED) is 0.554. The van der Waals surface area contributed by atoms with Crippen LogP contribution in [0.1, 0.15) is 18.9 Å². The Labute approximate surface area is 172 Å². The Kier molecular flexibility index (Phi) is 4.61. The smallest absolute Gasteiger partial charge is 0.229 e. The summed E-state index contributed by atoms with van der Waals surface area (Å²) in [6.45, 7) is 2.18. The number of benzene rings is 1. The van der Waals surface area contributed by atoms with E-state index in [1.165, 1.54) is 0 Å². The molecule has 0 bridgehead atoms. The standard InChI is InChI=1S/C19H20ClN9/c1-27-8-6-15(7-9-27)28-12-14(10-22-28)23-19-21-11-17-18(24-19)29(26-25-17)16-4-2-13(20)3-5-16/h2-5,10-12,15H,6-9H2,1H3,(H,21,23,24). The van der Waals surface area contributed by atoms with Gasteiger partial charge in [0.05, 0.1) is 29.8 Å². The molecule has 5 rings (SSSR count). The van der Waals surface area contributed by atoms with E-state index in [-0.39, 0.29) is 0 Å². The fourth-order valence-corrected chi connectivity index (χ4v) is 3.66. The fraction of sp³-hybridized carbons (Fsp3) is 0.316. The molecule has 4 aromatic rings. The third-order valence-corrected chi connectivity index (χ3v) is 5.44. The van der Waals surface area contributed by atoms with Gasteiger partial charge >= 0.3 is 0 Å². The zero-order valence-corrected chi connectivity index (χ0v) is 16.7. The summed E-state index contributed by atoms with van der Waals surface area (Å²) in [5.74, 6) is 0.470. The summed E-state index contributed by atoms with van der Waals surface area (Å²) < 4.78 is 3.70. The summed E-state index contributed by atoms with van der Waals surface area (Å²) in [6, 6.07) is 7.79. The largest absolute Gasteiger partial charge is 0.321 e. The fourth-order valence-electron chi connectivity index (χ4n) is 3.54. The molecule has 0 unspecified atom stereocenters. The molecule has 148 valence electrons. The van der Waals surface area contributed by atoms with Gasteiger partial charge in [-0.1, -0.05) is 16.8 Å². The molecule has 0 amide bonds. The Balaban J connectivity index is 1.38. The molecule has 1 saturated heterocycles. The van der Waals surface area contributed by atoms with Crippen LogP contribution < -0.4 is 5.32 Å². The van der Waals surface area contributed by atoms with Crippen molar-refractivity contribution in [3.8, 4) is 5.69 Å². The van der Waals surface area contributed by atoms with Crippen LogP contribution in [0.2, 0.25) is 5.02 Å². The van der Waals surface area contributed by atoms with E-state index < -0.39 is 0 Å². The van der Waals surface area contributed by atoms with E-state index in [1.807, 2.05) is 35.1 Å². The van der Waals surface area contributed by atoms with Crippen molar-refractivity contribution in [1.82, 2.24) is 39.6 Å². The second-order valence-electron chi connectivity index (χ2n) is 7.25. The van der Waals surface area contributed by atoms with Crippen molar-refractivity contribution < 1.29 is 0 Å². The minimum atomic E-state index is 0.431. The van der Waals surface area contributed by atoms with E-state index >= 15 is 0 Å². The highest BCUT2D eigenvalue weighted by molar-refractivity contribution is 6.30. The van der Waals surface area contributed by atoms with Gasteiger partial charge in [0.2, 0.25) is 5.95 Å². The molecule has 9 nitrogen and oxygen atoms in total. The Hall–Kier alpha value is -3.04. The van der Waals surface area contributed by atoms with Crippen LogP contribution in [0.4, 0.5) is 11.6 Å². The van der Waals surface area contributed by atoms with E-state index in [1.54, 1.807) is 17.1 Å². The number of halogens is 1. The minimum Gasteiger partial charge on any atom is -0.321 e. The number of rotatable bonds is 4. The van der Waals surface area contributed by atoms with Gasteiger partial charge in [-0.15, -0.1) is 5.10 Å². The molecular weight excluding hydrogens is 390 g/mol. The van der Waals surface area contributed by atoms with Crippen molar-refractivity contribution in [2.75, 3.05) is 25.5 Å². The number of aromatic nitrogens is 7. The number of anilines is 2. The Morgan fingerprint density at radius 1 is 1.10 bits per heavy atom. The van der Waals surface area contributed by atoms with E-state index in [0.717, 1.165) is 37.3 Å². The van der Waals surface area contributed by atoms with Crippen molar-refractivity contribution in [2.24, 2.45) is 0 Å². The molecule has 29 heavy (non-hydrogen) atoms. The lowest BCUT2D eigenvalue weighted by molar-refractivity contribution is 0.212. The topological polar surface area (TPSA) is 89.6 Å². The highest BCUT2D eigenvalue weighted by Crippen LogP contribution is 2.24. The summed E-state index contributed by atoms with van der Waals surface area (Å²) in [4.78, 5) is 11.3. The van der Waals surface area contributed by atoms with Crippen LogP contribution >= 0.6 is 11.6 Å². The maximum atomic E-state index is 5.98. The molecule has 0 spiro atoms. The Morgan fingerprint density at radius 2 is 1.90 bits per heavy atom. The molecule has 0 atom stereocenters. The average Bonchev–Trinajstić information content (AvgIpc) is 3.36. The van der Waals surface area contributed by atoms with Crippen molar-refractivity contribution in [3.63, 3.8) is 0 Å². The number of likely N-dealkylation sites (tertiary alicyclic amines) is 1. The number of fused-ring (bicyclic) bond motifs is 1. The average molecular weight is 410 g/mol. The van der Waals surface area contributed by atoms with Gasteiger partial charge in [0.1, 0.15) is 0 Å². The van der Waals surface area contributed by atoms with Gasteiger partial charge in [-0.25, -0.2) is 4.98 Å². The number of nitrogens with zero attached hydrogens (tertiary/aromatic N) is 8. The maximum absolute atomic E-state index is 5.98. The Bertz CT molecular complexity index is 1130. The molecule has 0 radical (unpaired) electrons. The molecule has 10 heteroatoms. The van der Waals surface area contributed by atoms with E-state index in [4.69, 9.17) is 11.6 Å². The van der Waals surface area contributed by atoms with Crippen molar-refractivity contribution in [3.05, 3.63) is 47.9 Å². The van der Waals surface area contributed by atoms with E-state index in [0.29, 0.717) is 28.2 Å². The van der Waals surface area contributed by atoms with E-state index in [9.17, 15) is 0 Å². The molecule has 0 saturated carbocycles. The lowest BCUT2D eigenvalue weighted by Gasteiger charge is -2.28. The summed E-state index contributed by atoms with van der Waals surface area (Å²) in [6.07, 6.45) is 7.68. The van der Waals surface area contributed by atoms with Crippen LogP contribution in [-0.4, -0.2) is 59.8 Å². The molecule has 1 aliphatic heterocycles. The summed E-state index contributed by atoms with van der Waals surface area (Å²) in [5, 5.41) is 16.8. The van der Waals surface area contributed by atoms with Crippen LogP contribution in [-0.2, 0) is 0 Å². The van der Waals surface area contributed by atoms with Gasteiger partial charge in [0, 0.05) is 11.2 Å². The van der Waals surface area contributed by atoms with Crippen LogP contribution in [0.15, 0.2) is 42.9 Å². The van der Waals surface area contributed by atoms with Crippen molar-refractivity contribution in [1.29, 1.82) is 0 Å². The number of nitrogens with one attached hydrogen (secondary N) is 1. The minimum absolute atomic E-state index is 0.431. The second kappa shape index (κ2) is 7.41. The third-order valence-electron chi connectivity index (χ3n) is 5.18. The normalized spacial score (nSPS) is 15.8. The highest BCUT2D eigenvalue weighted by atomic mass is 35.5. The van der Waals surface area contributed by atoms with Gasteiger partial charge in [0.25, 0.3) is 0 Å². The predicted octanol–water partition coefficient (Wildman–Crippen LogP) is 3.07. The lowest BCUT2D eigenvalue weighted by Crippen LogP contribution is -2.31. The summed E-state index contributed by atoms with van der Waals surface area (Å²) >= 11 is 5.98. The first-order valence-corrected chi connectivity index (χ1v) is 9.87. The zero-order chi connectivity index (χ0) is 19.8. The van der Waals surface area contributed by atoms with Crippen LogP contribution in [0.25, 0.3) is 16.9 Å². The van der Waals surface area contributed by atoms with Crippen molar-refractivity contribution in [2.45, 2.75) is 18.9 Å². The van der Waals surface area contributed by atoms with Gasteiger partial charge < -0.3 is 10.2 Å². The van der Waals surface area contributed by atoms with Crippen molar-refractivity contribution >= 4 is 34.4 Å². The molecule has 1 aliphatic rings.